The number of aromatic nitrogens is 3. The Morgan fingerprint density at radius 1 is 1.04 bits per heavy atom. The summed E-state index contributed by atoms with van der Waals surface area (Å²) in [6, 6.07) is 10.8. The van der Waals surface area contributed by atoms with Crippen LogP contribution in [-0.4, -0.2) is 51.5 Å². The van der Waals surface area contributed by atoms with Gasteiger partial charge in [-0.1, -0.05) is 12.1 Å². The zero-order valence-corrected chi connectivity index (χ0v) is 14.5. The van der Waals surface area contributed by atoms with E-state index >= 15 is 0 Å². The van der Waals surface area contributed by atoms with Gasteiger partial charge >= 0.3 is 0 Å². The Balaban J connectivity index is 1.46. The molecule has 4 rings (SSSR count). The molecule has 132 valence electrons. The van der Waals surface area contributed by atoms with E-state index in [2.05, 4.69) is 14.9 Å². The van der Waals surface area contributed by atoms with Gasteiger partial charge in [0.05, 0.1) is 17.2 Å². The third kappa shape index (κ3) is 3.03. The molecule has 0 aliphatic carbocycles. The van der Waals surface area contributed by atoms with Gasteiger partial charge in [0, 0.05) is 51.1 Å². The molecule has 2 aromatic heterocycles. The van der Waals surface area contributed by atoms with Crippen LogP contribution in [0.1, 0.15) is 10.4 Å². The van der Waals surface area contributed by atoms with E-state index in [1.165, 1.54) is 10.6 Å². The van der Waals surface area contributed by atoms with Crippen LogP contribution < -0.4 is 10.5 Å². The first-order chi connectivity index (χ1) is 12.6. The van der Waals surface area contributed by atoms with E-state index in [0.717, 1.165) is 16.9 Å². The van der Waals surface area contributed by atoms with Crippen LogP contribution in [0.25, 0.3) is 11.0 Å². The topological polar surface area (TPSA) is 71.3 Å². The molecule has 0 spiro atoms. The summed E-state index contributed by atoms with van der Waals surface area (Å²) in [6.45, 7) is 2.54. The third-order valence-electron chi connectivity index (χ3n) is 4.68. The second kappa shape index (κ2) is 6.59. The minimum Gasteiger partial charge on any atom is -0.352 e. The fourth-order valence-electron chi connectivity index (χ4n) is 3.10. The Kier molecular flexibility index (Phi) is 4.12. The summed E-state index contributed by atoms with van der Waals surface area (Å²) in [7, 11) is 1.67. The van der Waals surface area contributed by atoms with E-state index in [9.17, 15) is 9.59 Å². The number of pyridine rings is 1. The predicted octanol–water partition coefficient (Wildman–Crippen LogP) is 1.29. The molecule has 7 heteroatoms. The van der Waals surface area contributed by atoms with Crippen LogP contribution in [0.5, 0.6) is 0 Å². The van der Waals surface area contributed by atoms with Crippen molar-refractivity contribution in [3.8, 4) is 0 Å². The number of piperazine rings is 1. The fourth-order valence-corrected chi connectivity index (χ4v) is 3.10. The highest BCUT2D eigenvalue weighted by Gasteiger charge is 2.23. The number of fused-ring (bicyclic) bond motifs is 1. The minimum atomic E-state index is -0.180. The van der Waals surface area contributed by atoms with Gasteiger partial charge in [-0.2, -0.15) is 0 Å². The predicted molar refractivity (Wildman–Crippen MR) is 99.3 cm³/mol. The molecule has 1 aliphatic rings. The number of hydrogen-bond acceptors (Lipinski definition) is 5. The first kappa shape index (κ1) is 16.3. The van der Waals surface area contributed by atoms with Crippen molar-refractivity contribution >= 4 is 22.8 Å². The SMILES string of the molecule is Cn1ccc(C(=O)N2CCN(c3cnc4ccccc4n3)CC2)cc1=O. The highest BCUT2D eigenvalue weighted by Crippen LogP contribution is 2.17. The average Bonchev–Trinajstić information content (AvgIpc) is 2.69. The van der Waals surface area contributed by atoms with Crippen molar-refractivity contribution in [2.45, 2.75) is 0 Å². The van der Waals surface area contributed by atoms with Crippen molar-refractivity contribution in [3.05, 3.63) is 64.7 Å². The second-order valence-corrected chi connectivity index (χ2v) is 6.36. The van der Waals surface area contributed by atoms with Crippen molar-refractivity contribution in [1.82, 2.24) is 19.4 Å². The Labute approximate surface area is 150 Å². The van der Waals surface area contributed by atoms with Crippen molar-refractivity contribution in [3.63, 3.8) is 0 Å². The van der Waals surface area contributed by atoms with Crippen LogP contribution in [-0.2, 0) is 7.05 Å². The molecule has 1 aliphatic heterocycles. The Morgan fingerprint density at radius 2 is 1.77 bits per heavy atom. The van der Waals surface area contributed by atoms with Gasteiger partial charge in [-0.25, -0.2) is 4.98 Å². The highest BCUT2D eigenvalue weighted by atomic mass is 16.2. The molecule has 0 N–H and O–H groups in total. The van der Waals surface area contributed by atoms with Gasteiger partial charge in [0.1, 0.15) is 5.82 Å². The first-order valence-electron chi connectivity index (χ1n) is 8.54. The summed E-state index contributed by atoms with van der Waals surface area (Å²) in [6.07, 6.45) is 3.40. The van der Waals surface area contributed by atoms with Crippen molar-refractivity contribution in [2.75, 3.05) is 31.1 Å². The highest BCUT2D eigenvalue weighted by molar-refractivity contribution is 5.94. The van der Waals surface area contributed by atoms with E-state index in [4.69, 9.17) is 0 Å². The van der Waals surface area contributed by atoms with Crippen LogP contribution in [0.15, 0.2) is 53.6 Å². The summed E-state index contributed by atoms with van der Waals surface area (Å²) in [5.41, 5.74) is 1.99. The van der Waals surface area contributed by atoms with E-state index in [0.29, 0.717) is 31.7 Å². The lowest BCUT2D eigenvalue weighted by Crippen LogP contribution is -2.49. The normalized spacial score (nSPS) is 14.7. The number of hydrogen-bond donors (Lipinski definition) is 0. The zero-order chi connectivity index (χ0) is 18.1. The monoisotopic (exact) mass is 349 g/mol. The lowest BCUT2D eigenvalue weighted by molar-refractivity contribution is 0.0746. The molecular formula is C19H19N5O2. The lowest BCUT2D eigenvalue weighted by atomic mass is 10.2. The molecule has 0 saturated carbocycles. The number of rotatable bonds is 2. The third-order valence-corrected chi connectivity index (χ3v) is 4.68. The largest absolute Gasteiger partial charge is 0.352 e. The van der Waals surface area contributed by atoms with E-state index < -0.39 is 0 Å². The second-order valence-electron chi connectivity index (χ2n) is 6.36. The number of benzene rings is 1. The number of carbonyl (C=O) groups excluding carboxylic acids is 1. The lowest BCUT2D eigenvalue weighted by Gasteiger charge is -2.35. The maximum absolute atomic E-state index is 12.6. The van der Waals surface area contributed by atoms with Gasteiger partial charge in [0.25, 0.3) is 11.5 Å². The van der Waals surface area contributed by atoms with Gasteiger partial charge in [-0.05, 0) is 18.2 Å². The quantitative estimate of drug-likeness (QED) is 0.697. The molecule has 0 radical (unpaired) electrons. The average molecular weight is 349 g/mol. The Bertz CT molecular complexity index is 1020. The summed E-state index contributed by atoms with van der Waals surface area (Å²) < 4.78 is 1.45. The van der Waals surface area contributed by atoms with Crippen molar-refractivity contribution in [1.29, 1.82) is 0 Å². The summed E-state index contributed by atoms with van der Waals surface area (Å²) in [5.74, 6) is 0.719. The number of anilines is 1. The van der Waals surface area contributed by atoms with Crippen LogP contribution >= 0.6 is 0 Å². The number of aryl methyl sites for hydroxylation is 1. The fraction of sp³-hybridized carbons (Fsp3) is 0.263. The van der Waals surface area contributed by atoms with E-state index in [1.54, 1.807) is 30.4 Å². The molecule has 0 bridgehead atoms. The Hall–Kier alpha value is -3.22. The molecule has 1 aromatic carbocycles. The van der Waals surface area contributed by atoms with E-state index in [-0.39, 0.29) is 11.5 Å². The maximum Gasteiger partial charge on any atom is 0.254 e. The molecule has 1 saturated heterocycles. The molecule has 1 fully saturated rings. The smallest absolute Gasteiger partial charge is 0.254 e. The molecule has 1 amide bonds. The van der Waals surface area contributed by atoms with Gasteiger partial charge in [0.2, 0.25) is 0 Å². The van der Waals surface area contributed by atoms with Gasteiger partial charge < -0.3 is 14.4 Å². The van der Waals surface area contributed by atoms with Crippen LogP contribution in [0.3, 0.4) is 0 Å². The molecule has 3 heterocycles. The Morgan fingerprint density at radius 3 is 2.50 bits per heavy atom. The van der Waals surface area contributed by atoms with Crippen LogP contribution in [0.4, 0.5) is 5.82 Å². The summed E-state index contributed by atoms with van der Waals surface area (Å²) >= 11 is 0. The number of amides is 1. The molecule has 0 unspecified atom stereocenters. The van der Waals surface area contributed by atoms with Gasteiger partial charge in [0.15, 0.2) is 0 Å². The van der Waals surface area contributed by atoms with E-state index in [1.807, 2.05) is 24.3 Å². The summed E-state index contributed by atoms with van der Waals surface area (Å²) in [5, 5.41) is 0. The number of nitrogens with zero attached hydrogens (tertiary/aromatic N) is 5. The van der Waals surface area contributed by atoms with Crippen molar-refractivity contribution < 1.29 is 4.79 Å². The number of para-hydroxylation sites is 2. The van der Waals surface area contributed by atoms with Gasteiger partial charge in [-0.15, -0.1) is 0 Å². The van der Waals surface area contributed by atoms with Crippen molar-refractivity contribution in [2.24, 2.45) is 7.05 Å². The minimum absolute atomic E-state index is 0.105. The molecule has 3 aromatic rings. The molecule has 0 atom stereocenters. The maximum atomic E-state index is 12.6. The molecule has 7 nitrogen and oxygen atoms in total. The summed E-state index contributed by atoms with van der Waals surface area (Å²) in [4.78, 5) is 37.4. The zero-order valence-electron chi connectivity index (χ0n) is 14.5. The van der Waals surface area contributed by atoms with Crippen LogP contribution in [0, 0.1) is 0 Å². The molecule has 26 heavy (non-hydrogen) atoms. The standard InChI is InChI=1S/C19H19N5O2/c1-22-7-6-14(12-18(22)25)19(26)24-10-8-23(9-11-24)17-13-20-15-4-2-3-5-16(15)21-17/h2-7,12-13H,8-11H2,1H3. The first-order valence-corrected chi connectivity index (χ1v) is 8.54. The van der Waals surface area contributed by atoms with Gasteiger partial charge in [-0.3, -0.25) is 14.6 Å². The molecular weight excluding hydrogens is 330 g/mol. The van der Waals surface area contributed by atoms with Crippen LogP contribution in [0.2, 0.25) is 0 Å². The number of carbonyl (C=O) groups is 1.